The van der Waals surface area contributed by atoms with E-state index in [1.807, 2.05) is 0 Å². The van der Waals surface area contributed by atoms with Gasteiger partial charge in [-0.25, -0.2) is 9.78 Å². The Hall–Kier alpha value is -2.47. The number of carbonyl (C=O) groups excluding carboxylic acids is 1. The number of halogens is 2. The Labute approximate surface area is 118 Å². The zero-order valence-corrected chi connectivity index (χ0v) is 10.7. The summed E-state index contributed by atoms with van der Waals surface area (Å²) in [6.07, 6.45) is 1.14. The number of pyridine rings is 1. The van der Waals surface area contributed by atoms with E-state index in [0.29, 0.717) is 0 Å². The normalized spacial score (nSPS) is 10.1. The maximum Gasteiger partial charge on any atom is 0.337 e. The fourth-order valence-corrected chi connectivity index (χ4v) is 1.72. The van der Waals surface area contributed by atoms with Gasteiger partial charge in [-0.3, -0.25) is 4.79 Å². The summed E-state index contributed by atoms with van der Waals surface area (Å²) in [6.45, 7) is 0. The van der Waals surface area contributed by atoms with Crippen LogP contribution in [0.3, 0.4) is 0 Å². The molecule has 7 heteroatoms. The number of nitrogens with zero attached hydrogens (tertiary/aromatic N) is 1. The summed E-state index contributed by atoms with van der Waals surface area (Å²) in [7, 11) is 0. The molecule has 0 saturated heterocycles. The van der Waals surface area contributed by atoms with Crippen molar-refractivity contribution in [2.24, 2.45) is 0 Å². The molecule has 0 fully saturated rings. The molecule has 2 aromatic rings. The molecule has 102 valence electrons. The van der Waals surface area contributed by atoms with Crippen LogP contribution in [0.4, 0.5) is 10.1 Å². The third-order valence-corrected chi connectivity index (χ3v) is 2.68. The summed E-state index contributed by atoms with van der Waals surface area (Å²) >= 11 is 5.76. The molecule has 0 bridgehead atoms. The molecule has 0 aliphatic heterocycles. The highest BCUT2D eigenvalue weighted by molar-refractivity contribution is 6.31. The Kier molecular flexibility index (Phi) is 3.95. The number of benzene rings is 1. The van der Waals surface area contributed by atoms with Crippen LogP contribution in [0.2, 0.25) is 5.02 Å². The molecule has 0 unspecified atom stereocenters. The van der Waals surface area contributed by atoms with Gasteiger partial charge >= 0.3 is 5.97 Å². The van der Waals surface area contributed by atoms with Crippen molar-refractivity contribution in [1.29, 1.82) is 0 Å². The van der Waals surface area contributed by atoms with Gasteiger partial charge in [0, 0.05) is 22.8 Å². The molecule has 0 aliphatic rings. The van der Waals surface area contributed by atoms with Gasteiger partial charge in [-0.15, -0.1) is 0 Å². The second kappa shape index (κ2) is 5.66. The summed E-state index contributed by atoms with van der Waals surface area (Å²) in [5.41, 5.74) is -0.0571. The van der Waals surface area contributed by atoms with Crippen LogP contribution in [0, 0.1) is 5.95 Å². The number of carboxylic acid groups (broad SMARTS) is 1. The number of hydrogen-bond donors (Lipinski definition) is 2. The zero-order chi connectivity index (χ0) is 14.7. The van der Waals surface area contributed by atoms with Gasteiger partial charge in [-0.05, 0) is 24.3 Å². The molecule has 1 aromatic heterocycles. The number of hydrogen-bond acceptors (Lipinski definition) is 3. The van der Waals surface area contributed by atoms with E-state index >= 15 is 0 Å². The number of anilines is 1. The lowest BCUT2D eigenvalue weighted by molar-refractivity contribution is 0.0698. The van der Waals surface area contributed by atoms with Crippen molar-refractivity contribution in [3.8, 4) is 0 Å². The summed E-state index contributed by atoms with van der Waals surface area (Å²) in [6, 6.07) is 6.23. The van der Waals surface area contributed by atoms with Crippen LogP contribution in [-0.4, -0.2) is 22.0 Å². The molecule has 20 heavy (non-hydrogen) atoms. The molecule has 1 aromatic carbocycles. The molecule has 0 atom stereocenters. The van der Waals surface area contributed by atoms with E-state index in [9.17, 15) is 14.0 Å². The van der Waals surface area contributed by atoms with Gasteiger partial charge in [0.05, 0.1) is 11.3 Å². The highest BCUT2D eigenvalue weighted by atomic mass is 35.5. The van der Waals surface area contributed by atoms with E-state index in [2.05, 4.69) is 10.3 Å². The first kappa shape index (κ1) is 14.0. The lowest BCUT2D eigenvalue weighted by atomic mass is 10.1. The van der Waals surface area contributed by atoms with Crippen molar-refractivity contribution in [3.05, 3.63) is 58.6 Å². The molecular weight excluding hydrogens is 287 g/mol. The number of carboxylic acids is 1. The van der Waals surface area contributed by atoms with Crippen LogP contribution >= 0.6 is 11.6 Å². The highest BCUT2D eigenvalue weighted by Gasteiger charge is 2.14. The average molecular weight is 295 g/mol. The van der Waals surface area contributed by atoms with Gasteiger partial charge in [0.2, 0.25) is 5.95 Å². The van der Waals surface area contributed by atoms with Crippen LogP contribution in [0.5, 0.6) is 0 Å². The lowest BCUT2D eigenvalue weighted by Crippen LogP contribution is -2.15. The van der Waals surface area contributed by atoms with Gasteiger partial charge in [0.15, 0.2) is 0 Å². The molecular formula is C13H8ClFN2O3. The van der Waals surface area contributed by atoms with Crippen molar-refractivity contribution >= 4 is 29.2 Å². The van der Waals surface area contributed by atoms with E-state index in [0.717, 1.165) is 12.3 Å². The number of aromatic nitrogens is 1. The first-order chi connectivity index (χ1) is 9.47. The molecule has 0 saturated carbocycles. The number of nitrogens with one attached hydrogen (secondary N) is 1. The topological polar surface area (TPSA) is 79.3 Å². The monoisotopic (exact) mass is 294 g/mol. The lowest BCUT2D eigenvalue weighted by Gasteiger charge is -2.09. The van der Waals surface area contributed by atoms with Gasteiger partial charge in [-0.1, -0.05) is 11.6 Å². The second-order valence-electron chi connectivity index (χ2n) is 3.82. The zero-order valence-electron chi connectivity index (χ0n) is 9.93. The van der Waals surface area contributed by atoms with Crippen molar-refractivity contribution in [1.82, 2.24) is 4.98 Å². The maximum absolute atomic E-state index is 12.9. The fourth-order valence-electron chi connectivity index (χ4n) is 1.54. The molecule has 1 heterocycles. The Balaban J connectivity index is 2.32. The summed E-state index contributed by atoms with van der Waals surface area (Å²) in [4.78, 5) is 26.3. The Morgan fingerprint density at radius 3 is 2.65 bits per heavy atom. The van der Waals surface area contributed by atoms with Crippen LogP contribution in [0.25, 0.3) is 0 Å². The maximum atomic E-state index is 12.9. The predicted molar refractivity (Wildman–Crippen MR) is 70.6 cm³/mol. The Morgan fingerprint density at radius 2 is 2.00 bits per heavy atom. The number of rotatable bonds is 3. The van der Waals surface area contributed by atoms with Crippen LogP contribution in [-0.2, 0) is 0 Å². The number of amides is 1. The molecule has 2 N–H and O–H groups in total. The quantitative estimate of drug-likeness (QED) is 0.853. The number of aromatic carboxylic acids is 1. The first-order valence-electron chi connectivity index (χ1n) is 5.43. The van der Waals surface area contributed by atoms with Gasteiger partial charge in [-0.2, -0.15) is 4.39 Å². The van der Waals surface area contributed by atoms with Crippen LogP contribution in [0.15, 0.2) is 36.5 Å². The minimum absolute atomic E-state index is 0.0221. The highest BCUT2D eigenvalue weighted by Crippen LogP contribution is 2.22. The molecule has 0 spiro atoms. The van der Waals surface area contributed by atoms with Crippen LogP contribution < -0.4 is 5.32 Å². The van der Waals surface area contributed by atoms with E-state index in [-0.39, 0.29) is 21.8 Å². The molecule has 5 nitrogen and oxygen atoms in total. The van der Waals surface area contributed by atoms with Crippen molar-refractivity contribution < 1.29 is 19.1 Å². The van der Waals surface area contributed by atoms with E-state index in [1.54, 1.807) is 0 Å². The van der Waals surface area contributed by atoms with E-state index in [1.165, 1.54) is 24.3 Å². The second-order valence-corrected chi connectivity index (χ2v) is 4.25. The van der Waals surface area contributed by atoms with Crippen LogP contribution in [0.1, 0.15) is 20.7 Å². The Morgan fingerprint density at radius 1 is 1.25 bits per heavy atom. The third-order valence-electron chi connectivity index (χ3n) is 2.45. The summed E-state index contributed by atoms with van der Waals surface area (Å²) in [5.74, 6) is -2.67. The van der Waals surface area contributed by atoms with Gasteiger partial charge in [0.25, 0.3) is 5.91 Å². The molecule has 0 radical (unpaired) electrons. The standard InChI is InChI=1S/C13H8ClFN2O3/c14-8-1-2-9(13(19)20)10(6-8)17-12(18)7-3-4-16-11(15)5-7/h1-6H,(H,17,18)(H,19,20). The SMILES string of the molecule is O=C(Nc1cc(Cl)ccc1C(=O)O)c1ccnc(F)c1. The largest absolute Gasteiger partial charge is 0.478 e. The fraction of sp³-hybridized carbons (Fsp3) is 0. The van der Waals surface area contributed by atoms with Crippen molar-refractivity contribution in [2.75, 3.05) is 5.32 Å². The van der Waals surface area contributed by atoms with Gasteiger partial charge in [0.1, 0.15) is 0 Å². The molecule has 0 aliphatic carbocycles. The molecule has 2 rings (SSSR count). The smallest absolute Gasteiger partial charge is 0.337 e. The van der Waals surface area contributed by atoms with Gasteiger partial charge < -0.3 is 10.4 Å². The van der Waals surface area contributed by atoms with E-state index < -0.39 is 17.8 Å². The average Bonchev–Trinajstić information content (AvgIpc) is 2.38. The summed E-state index contributed by atoms with van der Waals surface area (Å²) < 4.78 is 12.9. The van der Waals surface area contributed by atoms with Crippen molar-refractivity contribution in [3.63, 3.8) is 0 Å². The van der Waals surface area contributed by atoms with Crippen molar-refractivity contribution in [2.45, 2.75) is 0 Å². The minimum Gasteiger partial charge on any atom is -0.478 e. The number of carbonyl (C=O) groups is 2. The first-order valence-corrected chi connectivity index (χ1v) is 5.81. The Bertz CT molecular complexity index is 691. The molecule has 1 amide bonds. The van der Waals surface area contributed by atoms with E-state index in [4.69, 9.17) is 16.7 Å². The predicted octanol–water partition coefficient (Wildman–Crippen LogP) is 2.82. The minimum atomic E-state index is -1.21. The summed E-state index contributed by atoms with van der Waals surface area (Å²) in [5, 5.41) is 11.7. The third kappa shape index (κ3) is 3.10.